The zero-order chi connectivity index (χ0) is 21.3. The van der Waals surface area contributed by atoms with Crippen LogP contribution < -0.4 is 19.6 Å². The van der Waals surface area contributed by atoms with E-state index >= 15 is 0 Å². The zero-order valence-electron chi connectivity index (χ0n) is 16.0. The second kappa shape index (κ2) is 7.88. The topological polar surface area (TPSA) is 99.9 Å². The Balaban J connectivity index is 1.78. The van der Waals surface area contributed by atoms with E-state index in [2.05, 4.69) is 10.1 Å². The van der Waals surface area contributed by atoms with Crippen LogP contribution in [0, 0.1) is 0 Å². The summed E-state index contributed by atoms with van der Waals surface area (Å²) >= 11 is 1.17. The van der Waals surface area contributed by atoms with Gasteiger partial charge in [0.2, 0.25) is 4.96 Å². The largest absolute Gasteiger partial charge is 0.427 e. The molecule has 8 nitrogen and oxygen atoms in total. The summed E-state index contributed by atoms with van der Waals surface area (Å²) in [6.07, 6.45) is 1.58. The second-order valence-electron chi connectivity index (χ2n) is 6.30. The van der Waals surface area contributed by atoms with Gasteiger partial charge in [-0.2, -0.15) is 9.50 Å². The normalized spacial score (nSPS) is 11.6. The Morgan fingerprint density at radius 2 is 1.77 bits per heavy atom. The van der Waals surface area contributed by atoms with Crippen molar-refractivity contribution in [3.8, 4) is 22.9 Å². The zero-order valence-corrected chi connectivity index (χ0v) is 16.8. The molecule has 0 atom stereocenters. The third-order valence-electron chi connectivity index (χ3n) is 4.00. The number of carbonyl (C=O) groups is 2. The highest BCUT2D eigenvalue weighted by Crippen LogP contribution is 2.26. The van der Waals surface area contributed by atoms with E-state index in [0.717, 1.165) is 5.56 Å². The first kappa shape index (κ1) is 19.5. The maximum atomic E-state index is 12.8. The van der Waals surface area contributed by atoms with Crippen LogP contribution in [0.4, 0.5) is 0 Å². The summed E-state index contributed by atoms with van der Waals surface area (Å²) in [6.45, 7) is 2.53. The van der Waals surface area contributed by atoms with Gasteiger partial charge in [0.15, 0.2) is 5.82 Å². The molecule has 0 saturated carbocycles. The lowest BCUT2D eigenvalue weighted by Gasteiger charge is -2.08. The minimum absolute atomic E-state index is 0.171. The van der Waals surface area contributed by atoms with E-state index in [4.69, 9.17) is 9.47 Å². The third kappa shape index (κ3) is 3.96. The number of nitrogens with zero attached hydrogens (tertiary/aromatic N) is 3. The number of esters is 2. The first-order valence-electron chi connectivity index (χ1n) is 8.88. The highest BCUT2D eigenvalue weighted by Gasteiger charge is 2.13. The van der Waals surface area contributed by atoms with Gasteiger partial charge in [0.05, 0.1) is 4.53 Å². The number of carbonyl (C=O) groups excluding carboxylic acids is 2. The van der Waals surface area contributed by atoms with Crippen LogP contribution in [-0.2, 0) is 9.59 Å². The van der Waals surface area contributed by atoms with E-state index < -0.39 is 11.9 Å². The Kier molecular flexibility index (Phi) is 5.11. The molecule has 2 aromatic heterocycles. The molecular weight excluding hydrogens is 406 g/mol. The fourth-order valence-electron chi connectivity index (χ4n) is 2.79. The molecule has 0 unspecified atom stereocenters. The summed E-state index contributed by atoms with van der Waals surface area (Å²) in [7, 11) is 0. The number of aromatic nitrogens is 3. The van der Waals surface area contributed by atoms with Crippen LogP contribution >= 0.6 is 11.3 Å². The van der Waals surface area contributed by atoms with Crippen molar-refractivity contribution in [3.63, 3.8) is 0 Å². The molecule has 2 heterocycles. The molecule has 0 N–H and O–H groups in total. The summed E-state index contributed by atoms with van der Waals surface area (Å²) in [6, 6.07) is 13.9. The van der Waals surface area contributed by atoms with Crippen LogP contribution in [0.5, 0.6) is 11.5 Å². The average Bonchev–Trinajstić information content (AvgIpc) is 3.23. The molecular formula is C21H15N3O5S. The summed E-state index contributed by atoms with van der Waals surface area (Å²) < 4.78 is 11.9. The number of thiazole rings is 1. The Bertz CT molecular complexity index is 1380. The lowest BCUT2D eigenvalue weighted by Crippen LogP contribution is -2.23. The molecule has 0 radical (unpaired) electrons. The molecule has 0 aliphatic heterocycles. The van der Waals surface area contributed by atoms with Crippen LogP contribution in [0.15, 0.2) is 53.3 Å². The lowest BCUT2D eigenvalue weighted by atomic mass is 10.2. The Morgan fingerprint density at radius 3 is 2.43 bits per heavy atom. The molecule has 9 heteroatoms. The van der Waals surface area contributed by atoms with Crippen LogP contribution in [-0.4, -0.2) is 26.5 Å². The van der Waals surface area contributed by atoms with Gasteiger partial charge < -0.3 is 9.47 Å². The highest BCUT2D eigenvalue weighted by molar-refractivity contribution is 7.15. The molecule has 0 bridgehead atoms. The Morgan fingerprint density at radius 1 is 1.03 bits per heavy atom. The highest BCUT2D eigenvalue weighted by atomic mass is 32.1. The minimum atomic E-state index is -0.540. The van der Waals surface area contributed by atoms with Crippen molar-refractivity contribution in [2.75, 3.05) is 0 Å². The van der Waals surface area contributed by atoms with E-state index in [0.29, 0.717) is 20.9 Å². The SMILES string of the molecule is CC(=O)Oc1ccc(/C=c2\sc3nc(-c4ccccc4)nn3c2=O)c(OC(C)=O)c1. The second-order valence-corrected chi connectivity index (χ2v) is 7.31. The van der Waals surface area contributed by atoms with Crippen molar-refractivity contribution in [1.82, 2.24) is 14.6 Å². The number of hydrogen-bond acceptors (Lipinski definition) is 8. The quantitative estimate of drug-likeness (QED) is 0.368. The van der Waals surface area contributed by atoms with Gasteiger partial charge in [-0.05, 0) is 18.2 Å². The Hall–Kier alpha value is -3.85. The number of fused-ring (bicyclic) bond motifs is 1. The molecule has 4 aromatic rings. The number of benzene rings is 2. The molecule has 2 aromatic carbocycles. The smallest absolute Gasteiger partial charge is 0.308 e. The monoisotopic (exact) mass is 421 g/mol. The van der Waals surface area contributed by atoms with E-state index in [-0.39, 0.29) is 17.1 Å². The van der Waals surface area contributed by atoms with Gasteiger partial charge in [-0.1, -0.05) is 41.7 Å². The average molecular weight is 421 g/mol. The molecule has 4 rings (SSSR count). The van der Waals surface area contributed by atoms with E-state index in [1.54, 1.807) is 18.2 Å². The fraction of sp³-hybridized carbons (Fsp3) is 0.0952. The van der Waals surface area contributed by atoms with Crippen molar-refractivity contribution < 1.29 is 19.1 Å². The fourth-order valence-corrected chi connectivity index (χ4v) is 3.69. The van der Waals surface area contributed by atoms with Crippen molar-refractivity contribution in [1.29, 1.82) is 0 Å². The van der Waals surface area contributed by atoms with Gasteiger partial charge in [0.1, 0.15) is 11.5 Å². The number of ether oxygens (including phenoxy) is 2. The molecule has 0 fully saturated rings. The molecule has 0 aliphatic carbocycles. The van der Waals surface area contributed by atoms with Crippen molar-refractivity contribution in [2.24, 2.45) is 0 Å². The summed E-state index contributed by atoms with van der Waals surface area (Å²) in [4.78, 5) is 40.3. The standard InChI is InChI=1S/C21H15N3O5S/c1-12(25)28-16-9-8-15(17(11-16)29-13(2)26)10-18-20(27)24-21(30-18)22-19(23-24)14-6-4-3-5-7-14/h3-11H,1-2H3/b18-10-. The van der Waals surface area contributed by atoms with E-state index in [9.17, 15) is 14.4 Å². The van der Waals surface area contributed by atoms with Gasteiger partial charge >= 0.3 is 11.9 Å². The molecule has 30 heavy (non-hydrogen) atoms. The molecule has 0 amide bonds. The van der Waals surface area contributed by atoms with Crippen LogP contribution in [0.25, 0.3) is 22.4 Å². The van der Waals surface area contributed by atoms with Gasteiger partial charge in [0, 0.05) is 31.0 Å². The summed E-state index contributed by atoms with van der Waals surface area (Å²) in [5.41, 5.74) is 0.963. The van der Waals surface area contributed by atoms with Crippen molar-refractivity contribution >= 4 is 34.3 Å². The van der Waals surface area contributed by atoms with Crippen molar-refractivity contribution in [2.45, 2.75) is 13.8 Å². The van der Waals surface area contributed by atoms with Crippen LogP contribution in [0.3, 0.4) is 0 Å². The van der Waals surface area contributed by atoms with E-state index in [1.807, 2.05) is 30.3 Å². The number of rotatable bonds is 4. The maximum absolute atomic E-state index is 12.8. The minimum Gasteiger partial charge on any atom is -0.427 e. The van der Waals surface area contributed by atoms with Crippen LogP contribution in [0.2, 0.25) is 0 Å². The predicted molar refractivity (Wildman–Crippen MR) is 110 cm³/mol. The first-order valence-corrected chi connectivity index (χ1v) is 9.70. The lowest BCUT2D eigenvalue weighted by molar-refractivity contribution is -0.132. The predicted octanol–water partition coefficient (Wildman–Crippen LogP) is 2.22. The van der Waals surface area contributed by atoms with Crippen LogP contribution in [0.1, 0.15) is 19.4 Å². The molecule has 0 saturated heterocycles. The Labute approximate surface area is 174 Å². The van der Waals surface area contributed by atoms with Gasteiger partial charge in [-0.25, -0.2) is 0 Å². The molecule has 0 aliphatic rings. The molecule has 150 valence electrons. The summed E-state index contributed by atoms with van der Waals surface area (Å²) in [5, 5.41) is 4.30. The van der Waals surface area contributed by atoms with Crippen molar-refractivity contribution in [3.05, 3.63) is 69.0 Å². The summed E-state index contributed by atoms with van der Waals surface area (Å²) in [5.74, 6) is -0.167. The first-order chi connectivity index (χ1) is 14.4. The van der Waals surface area contributed by atoms with Gasteiger partial charge in [-0.3, -0.25) is 14.4 Å². The van der Waals surface area contributed by atoms with Gasteiger partial charge in [0.25, 0.3) is 5.56 Å². The van der Waals surface area contributed by atoms with Gasteiger partial charge in [-0.15, -0.1) is 5.10 Å². The maximum Gasteiger partial charge on any atom is 0.308 e. The van der Waals surface area contributed by atoms with E-state index in [1.165, 1.54) is 35.8 Å². The molecule has 0 spiro atoms. The third-order valence-corrected chi connectivity index (χ3v) is 4.96. The number of hydrogen-bond donors (Lipinski definition) is 0.